The summed E-state index contributed by atoms with van der Waals surface area (Å²) in [5.41, 5.74) is 0.340. The van der Waals surface area contributed by atoms with Crippen molar-refractivity contribution in [2.45, 2.75) is 47.0 Å². The number of hydrogen-bond donors (Lipinski definition) is 2. The van der Waals surface area contributed by atoms with Gasteiger partial charge >= 0.3 is 0 Å². The third kappa shape index (κ3) is 4.90. The van der Waals surface area contributed by atoms with E-state index in [1.807, 2.05) is 13.1 Å². The van der Waals surface area contributed by atoms with Crippen molar-refractivity contribution >= 4 is 11.6 Å². The molecule has 2 N–H and O–H groups in total. The Morgan fingerprint density at radius 2 is 1.78 bits per heavy atom. The maximum Gasteiger partial charge on any atom is 0.135 e. The number of rotatable bonds is 5. The van der Waals surface area contributed by atoms with Crippen LogP contribution >= 0.6 is 0 Å². The van der Waals surface area contributed by atoms with E-state index < -0.39 is 0 Å². The molecule has 0 aliphatic rings. The molecule has 4 heteroatoms. The Kier molecular flexibility index (Phi) is 4.93. The zero-order valence-electron chi connectivity index (χ0n) is 12.5. The Morgan fingerprint density at radius 3 is 2.28 bits per heavy atom. The van der Waals surface area contributed by atoms with Gasteiger partial charge < -0.3 is 10.6 Å². The van der Waals surface area contributed by atoms with Gasteiger partial charge in [0.1, 0.15) is 17.5 Å². The van der Waals surface area contributed by atoms with E-state index in [0.717, 1.165) is 30.4 Å². The highest BCUT2D eigenvalue weighted by Gasteiger charge is 2.11. The maximum atomic E-state index is 4.54. The normalized spacial score (nSPS) is 11.7. The topological polar surface area (TPSA) is 49.8 Å². The van der Waals surface area contributed by atoms with Gasteiger partial charge in [-0.3, -0.25) is 0 Å². The van der Waals surface area contributed by atoms with Gasteiger partial charge in [-0.05, 0) is 11.8 Å². The molecule has 4 nitrogen and oxygen atoms in total. The van der Waals surface area contributed by atoms with E-state index in [9.17, 15) is 0 Å². The van der Waals surface area contributed by atoms with E-state index >= 15 is 0 Å². The monoisotopic (exact) mass is 250 g/mol. The number of hydrogen-bond acceptors (Lipinski definition) is 4. The van der Waals surface area contributed by atoms with E-state index in [2.05, 4.69) is 55.2 Å². The lowest BCUT2D eigenvalue weighted by molar-refractivity contribution is 0.389. The second-order valence-electron chi connectivity index (χ2n) is 6.14. The second kappa shape index (κ2) is 6.03. The minimum Gasteiger partial charge on any atom is -0.373 e. The first kappa shape index (κ1) is 14.7. The van der Waals surface area contributed by atoms with Gasteiger partial charge in [-0.25, -0.2) is 9.97 Å². The molecule has 1 aromatic heterocycles. The molecule has 0 saturated heterocycles. The Labute approximate surface area is 111 Å². The van der Waals surface area contributed by atoms with Gasteiger partial charge in [-0.2, -0.15) is 0 Å². The van der Waals surface area contributed by atoms with Crippen molar-refractivity contribution in [2.75, 3.05) is 24.2 Å². The highest BCUT2D eigenvalue weighted by Crippen LogP contribution is 2.20. The molecule has 18 heavy (non-hydrogen) atoms. The van der Waals surface area contributed by atoms with Crippen LogP contribution in [0.1, 0.15) is 52.8 Å². The summed E-state index contributed by atoms with van der Waals surface area (Å²) in [6, 6.07) is 1.95. The fourth-order valence-electron chi connectivity index (χ4n) is 1.51. The van der Waals surface area contributed by atoms with Crippen LogP contribution in [-0.2, 0) is 0 Å². The molecular formula is C14H26N4. The Morgan fingerprint density at radius 1 is 1.17 bits per heavy atom. The standard InChI is InChI=1S/C14H26N4/c1-10(2)13-17-11(15-6)9-12(18-13)16-8-7-14(3,4)5/h9-10H,7-8H2,1-6H3,(H2,15,16,17,18). The van der Waals surface area contributed by atoms with Gasteiger partial charge in [0.25, 0.3) is 0 Å². The van der Waals surface area contributed by atoms with Crippen molar-refractivity contribution in [3.05, 3.63) is 11.9 Å². The number of anilines is 2. The van der Waals surface area contributed by atoms with E-state index in [1.54, 1.807) is 0 Å². The highest BCUT2D eigenvalue weighted by molar-refractivity contribution is 5.47. The van der Waals surface area contributed by atoms with Gasteiger partial charge in [-0.15, -0.1) is 0 Å². The van der Waals surface area contributed by atoms with Crippen molar-refractivity contribution in [3.63, 3.8) is 0 Å². The Hall–Kier alpha value is -1.32. The largest absolute Gasteiger partial charge is 0.373 e. The van der Waals surface area contributed by atoms with Crippen molar-refractivity contribution < 1.29 is 0 Å². The highest BCUT2D eigenvalue weighted by atomic mass is 15.1. The van der Waals surface area contributed by atoms with E-state index in [-0.39, 0.29) is 0 Å². The predicted octanol–water partition coefficient (Wildman–Crippen LogP) is 3.49. The van der Waals surface area contributed by atoms with Crippen LogP contribution in [0.15, 0.2) is 6.07 Å². The first-order valence-electron chi connectivity index (χ1n) is 6.62. The SMILES string of the molecule is CNc1cc(NCCC(C)(C)C)nc(C(C)C)n1. The number of aromatic nitrogens is 2. The zero-order chi connectivity index (χ0) is 13.8. The fraction of sp³-hybridized carbons (Fsp3) is 0.714. The average Bonchev–Trinajstić information content (AvgIpc) is 2.26. The third-order valence-corrected chi connectivity index (χ3v) is 2.70. The first-order valence-corrected chi connectivity index (χ1v) is 6.62. The van der Waals surface area contributed by atoms with Crippen molar-refractivity contribution in [1.82, 2.24) is 9.97 Å². The van der Waals surface area contributed by atoms with Gasteiger partial charge in [0, 0.05) is 25.6 Å². The van der Waals surface area contributed by atoms with Gasteiger partial charge in [0.15, 0.2) is 0 Å². The lowest BCUT2D eigenvalue weighted by Crippen LogP contribution is -2.14. The first-order chi connectivity index (χ1) is 8.31. The quantitative estimate of drug-likeness (QED) is 0.840. The smallest absolute Gasteiger partial charge is 0.135 e. The molecule has 102 valence electrons. The summed E-state index contributed by atoms with van der Waals surface area (Å²) in [5, 5.41) is 6.46. The van der Waals surface area contributed by atoms with Crippen LogP contribution in [0.3, 0.4) is 0 Å². The summed E-state index contributed by atoms with van der Waals surface area (Å²) in [5.74, 6) is 2.98. The lowest BCUT2D eigenvalue weighted by atomic mass is 9.92. The lowest BCUT2D eigenvalue weighted by Gasteiger charge is -2.18. The molecule has 0 bridgehead atoms. The molecule has 0 unspecified atom stereocenters. The molecule has 0 amide bonds. The predicted molar refractivity (Wildman–Crippen MR) is 78.2 cm³/mol. The summed E-state index contributed by atoms with van der Waals surface area (Å²) < 4.78 is 0. The van der Waals surface area contributed by atoms with Crippen LogP contribution in [-0.4, -0.2) is 23.6 Å². The van der Waals surface area contributed by atoms with Gasteiger partial charge in [-0.1, -0.05) is 34.6 Å². The summed E-state index contributed by atoms with van der Waals surface area (Å²) in [4.78, 5) is 8.98. The number of nitrogens with one attached hydrogen (secondary N) is 2. The summed E-state index contributed by atoms with van der Waals surface area (Å²) >= 11 is 0. The zero-order valence-corrected chi connectivity index (χ0v) is 12.5. The average molecular weight is 250 g/mol. The van der Waals surface area contributed by atoms with Crippen LogP contribution in [0.25, 0.3) is 0 Å². The van der Waals surface area contributed by atoms with Crippen LogP contribution in [0.5, 0.6) is 0 Å². The van der Waals surface area contributed by atoms with Crippen molar-refractivity contribution in [2.24, 2.45) is 5.41 Å². The van der Waals surface area contributed by atoms with E-state index in [1.165, 1.54) is 0 Å². The van der Waals surface area contributed by atoms with Crippen molar-refractivity contribution in [1.29, 1.82) is 0 Å². The van der Waals surface area contributed by atoms with E-state index in [4.69, 9.17) is 0 Å². The molecule has 0 fully saturated rings. The van der Waals surface area contributed by atoms with Crippen LogP contribution in [0, 0.1) is 5.41 Å². The molecule has 1 aromatic rings. The molecule has 0 aliphatic carbocycles. The number of nitrogens with zero attached hydrogens (tertiary/aromatic N) is 2. The molecule has 1 heterocycles. The molecule has 0 atom stereocenters. The van der Waals surface area contributed by atoms with Crippen molar-refractivity contribution in [3.8, 4) is 0 Å². The molecule has 0 aromatic carbocycles. The van der Waals surface area contributed by atoms with Gasteiger partial charge in [0.2, 0.25) is 0 Å². The summed E-state index contributed by atoms with van der Waals surface area (Å²) in [6.45, 7) is 11.9. The minimum absolute atomic E-state index is 0.335. The molecule has 0 aliphatic heterocycles. The summed E-state index contributed by atoms with van der Waals surface area (Å²) in [7, 11) is 1.88. The maximum absolute atomic E-state index is 4.54. The Bertz CT molecular complexity index is 380. The molecule has 0 saturated carbocycles. The summed E-state index contributed by atoms with van der Waals surface area (Å²) in [6.07, 6.45) is 1.11. The molecule has 0 spiro atoms. The molecule has 0 radical (unpaired) electrons. The fourth-order valence-corrected chi connectivity index (χ4v) is 1.51. The Balaban J connectivity index is 2.73. The van der Waals surface area contributed by atoms with Crippen LogP contribution in [0.2, 0.25) is 0 Å². The van der Waals surface area contributed by atoms with E-state index in [0.29, 0.717) is 11.3 Å². The molecular weight excluding hydrogens is 224 g/mol. The minimum atomic E-state index is 0.335. The molecule has 1 rings (SSSR count). The van der Waals surface area contributed by atoms with Crippen LogP contribution in [0.4, 0.5) is 11.6 Å². The van der Waals surface area contributed by atoms with Gasteiger partial charge in [0.05, 0.1) is 0 Å². The third-order valence-electron chi connectivity index (χ3n) is 2.70. The second-order valence-corrected chi connectivity index (χ2v) is 6.14. The van der Waals surface area contributed by atoms with Crippen LogP contribution < -0.4 is 10.6 Å².